The van der Waals surface area contributed by atoms with Crippen LogP contribution in [0.3, 0.4) is 0 Å². The SMILES string of the molecule is CCCC(C)NC(=O)CNC1CCCCC1. The van der Waals surface area contributed by atoms with Crippen molar-refractivity contribution in [3.63, 3.8) is 0 Å². The molecule has 1 atom stereocenters. The van der Waals surface area contributed by atoms with E-state index in [1.54, 1.807) is 0 Å². The summed E-state index contributed by atoms with van der Waals surface area (Å²) in [7, 11) is 0. The lowest BCUT2D eigenvalue weighted by Gasteiger charge is -2.23. The Morgan fingerprint density at radius 2 is 2.00 bits per heavy atom. The monoisotopic (exact) mass is 226 g/mol. The summed E-state index contributed by atoms with van der Waals surface area (Å²) in [6.07, 6.45) is 8.64. The van der Waals surface area contributed by atoms with E-state index in [0.29, 0.717) is 18.6 Å². The van der Waals surface area contributed by atoms with Crippen molar-refractivity contribution in [2.24, 2.45) is 0 Å². The Kier molecular flexibility index (Phi) is 6.46. The molecule has 3 heteroatoms. The Balaban J connectivity index is 2.09. The summed E-state index contributed by atoms with van der Waals surface area (Å²) in [6.45, 7) is 4.70. The molecule has 0 radical (unpaired) electrons. The Morgan fingerprint density at radius 1 is 1.31 bits per heavy atom. The molecule has 0 spiro atoms. The maximum atomic E-state index is 11.6. The van der Waals surface area contributed by atoms with E-state index in [9.17, 15) is 4.79 Å². The smallest absolute Gasteiger partial charge is 0.234 e. The van der Waals surface area contributed by atoms with Crippen molar-refractivity contribution in [1.29, 1.82) is 0 Å². The van der Waals surface area contributed by atoms with Crippen LogP contribution in [0.5, 0.6) is 0 Å². The molecule has 0 heterocycles. The number of nitrogens with one attached hydrogen (secondary N) is 2. The summed E-state index contributed by atoms with van der Waals surface area (Å²) in [6, 6.07) is 0.881. The molecule has 0 bridgehead atoms. The number of hydrogen-bond donors (Lipinski definition) is 2. The molecule has 0 aromatic heterocycles. The van der Waals surface area contributed by atoms with E-state index in [-0.39, 0.29) is 5.91 Å². The topological polar surface area (TPSA) is 41.1 Å². The maximum Gasteiger partial charge on any atom is 0.234 e. The van der Waals surface area contributed by atoms with Crippen LogP contribution in [-0.4, -0.2) is 24.5 Å². The minimum atomic E-state index is 0.145. The van der Waals surface area contributed by atoms with Crippen LogP contribution in [0.1, 0.15) is 58.8 Å². The zero-order valence-electron chi connectivity index (χ0n) is 10.7. The van der Waals surface area contributed by atoms with E-state index in [1.165, 1.54) is 32.1 Å². The molecule has 0 saturated heterocycles. The van der Waals surface area contributed by atoms with Gasteiger partial charge in [-0.3, -0.25) is 4.79 Å². The second-order valence-electron chi connectivity index (χ2n) is 4.97. The Hall–Kier alpha value is -0.570. The number of amides is 1. The van der Waals surface area contributed by atoms with Crippen LogP contribution in [-0.2, 0) is 4.79 Å². The van der Waals surface area contributed by atoms with Gasteiger partial charge in [0.05, 0.1) is 6.54 Å². The molecule has 1 rings (SSSR count). The Morgan fingerprint density at radius 3 is 2.62 bits per heavy atom. The van der Waals surface area contributed by atoms with Crippen molar-refractivity contribution in [2.45, 2.75) is 70.9 Å². The van der Waals surface area contributed by atoms with Gasteiger partial charge in [-0.1, -0.05) is 32.6 Å². The molecular weight excluding hydrogens is 200 g/mol. The normalized spacial score (nSPS) is 19.4. The van der Waals surface area contributed by atoms with Gasteiger partial charge < -0.3 is 10.6 Å². The lowest BCUT2D eigenvalue weighted by Crippen LogP contribution is -2.42. The van der Waals surface area contributed by atoms with Gasteiger partial charge >= 0.3 is 0 Å². The van der Waals surface area contributed by atoms with Crippen LogP contribution < -0.4 is 10.6 Å². The minimum Gasteiger partial charge on any atom is -0.353 e. The number of rotatable bonds is 6. The standard InChI is InChI=1S/C13H26N2O/c1-3-7-11(2)15-13(16)10-14-12-8-5-4-6-9-12/h11-12,14H,3-10H2,1-2H3,(H,15,16). The van der Waals surface area contributed by atoms with Gasteiger partial charge in [0, 0.05) is 12.1 Å². The number of carbonyl (C=O) groups excluding carboxylic acids is 1. The van der Waals surface area contributed by atoms with E-state index in [0.717, 1.165) is 12.8 Å². The number of carbonyl (C=O) groups is 1. The summed E-state index contributed by atoms with van der Waals surface area (Å²) in [4.78, 5) is 11.6. The van der Waals surface area contributed by atoms with E-state index in [2.05, 4.69) is 24.5 Å². The van der Waals surface area contributed by atoms with Crippen LogP contribution in [0.25, 0.3) is 0 Å². The molecule has 1 aliphatic carbocycles. The zero-order chi connectivity index (χ0) is 11.8. The van der Waals surface area contributed by atoms with Gasteiger partial charge in [0.25, 0.3) is 0 Å². The molecule has 1 aliphatic rings. The Bertz CT molecular complexity index is 200. The molecular formula is C13H26N2O. The highest BCUT2D eigenvalue weighted by atomic mass is 16.1. The van der Waals surface area contributed by atoms with E-state index in [4.69, 9.17) is 0 Å². The van der Waals surface area contributed by atoms with Gasteiger partial charge in [-0.05, 0) is 26.2 Å². The summed E-state index contributed by atoms with van der Waals surface area (Å²) >= 11 is 0. The third-order valence-electron chi connectivity index (χ3n) is 3.29. The minimum absolute atomic E-state index is 0.145. The van der Waals surface area contributed by atoms with Gasteiger partial charge in [-0.25, -0.2) is 0 Å². The quantitative estimate of drug-likeness (QED) is 0.729. The average Bonchev–Trinajstić information content (AvgIpc) is 2.28. The van der Waals surface area contributed by atoms with Gasteiger partial charge in [0.1, 0.15) is 0 Å². The van der Waals surface area contributed by atoms with Crippen molar-refractivity contribution in [3.05, 3.63) is 0 Å². The zero-order valence-corrected chi connectivity index (χ0v) is 10.7. The summed E-state index contributed by atoms with van der Waals surface area (Å²) < 4.78 is 0. The first-order valence-corrected chi connectivity index (χ1v) is 6.75. The third-order valence-corrected chi connectivity index (χ3v) is 3.29. The molecule has 1 unspecified atom stereocenters. The molecule has 1 amide bonds. The molecule has 0 aliphatic heterocycles. The molecule has 0 aromatic carbocycles. The highest BCUT2D eigenvalue weighted by Crippen LogP contribution is 2.16. The van der Waals surface area contributed by atoms with Crippen LogP contribution in [0.4, 0.5) is 0 Å². The predicted molar refractivity (Wildman–Crippen MR) is 67.4 cm³/mol. The van der Waals surface area contributed by atoms with Crippen molar-refractivity contribution in [3.8, 4) is 0 Å². The lowest BCUT2D eigenvalue weighted by atomic mass is 9.95. The van der Waals surface area contributed by atoms with Crippen molar-refractivity contribution in [1.82, 2.24) is 10.6 Å². The second-order valence-corrected chi connectivity index (χ2v) is 4.97. The van der Waals surface area contributed by atoms with Gasteiger partial charge in [-0.15, -0.1) is 0 Å². The van der Waals surface area contributed by atoms with Crippen molar-refractivity contribution < 1.29 is 4.79 Å². The second kappa shape index (κ2) is 7.66. The predicted octanol–water partition coefficient (Wildman–Crippen LogP) is 2.21. The summed E-state index contributed by atoms with van der Waals surface area (Å²) in [5.41, 5.74) is 0. The van der Waals surface area contributed by atoms with Crippen LogP contribution >= 0.6 is 0 Å². The first-order valence-electron chi connectivity index (χ1n) is 6.75. The fourth-order valence-electron chi connectivity index (χ4n) is 2.37. The first kappa shape index (κ1) is 13.5. The largest absolute Gasteiger partial charge is 0.353 e. The highest BCUT2D eigenvalue weighted by Gasteiger charge is 2.14. The van der Waals surface area contributed by atoms with Crippen molar-refractivity contribution in [2.75, 3.05) is 6.54 Å². The molecule has 2 N–H and O–H groups in total. The fraction of sp³-hybridized carbons (Fsp3) is 0.923. The molecule has 0 aromatic rings. The van der Waals surface area contributed by atoms with E-state index < -0.39 is 0 Å². The highest BCUT2D eigenvalue weighted by molar-refractivity contribution is 5.78. The molecule has 94 valence electrons. The maximum absolute atomic E-state index is 11.6. The van der Waals surface area contributed by atoms with Gasteiger partial charge in [0.15, 0.2) is 0 Å². The number of hydrogen-bond acceptors (Lipinski definition) is 2. The summed E-state index contributed by atoms with van der Waals surface area (Å²) in [5, 5.41) is 6.38. The molecule has 1 fully saturated rings. The average molecular weight is 226 g/mol. The third kappa shape index (κ3) is 5.50. The van der Waals surface area contributed by atoms with E-state index >= 15 is 0 Å². The molecule has 3 nitrogen and oxygen atoms in total. The van der Waals surface area contributed by atoms with Crippen molar-refractivity contribution >= 4 is 5.91 Å². The van der Waals surface area contributed by atoms with Crippen LogP contribution in [0.2, 0.25) is 0 Å². The van der Waals surface area contributed by atoms with Gasteiger partial charge in [0.2, 0.25) is 5.91 Å². The lowest BCUT2D eigenvalue weighted by molar-refractivity contribution is -0.121. The van der Waals surface area contributed by atoms with Crippen LogP contribution in [0, 0.1) is 0 Å². The first-order chi connectivity index (χ1) is 7.72. The van der Waals surface area contributed by atoms with E-state index in [1.807, 2.05) is 0 Å². The summed E-state index contributed by atoms with van der Waals surface area (Å²) in [5.74, 6) is 0.145. The van der Waals surface area contributed by atoms with Gasteiger partial charge in [-0.2, -0.15) is 0 Å². The Labute approximate surface area is 99.4 Å². The fourth-order valence-corrected chi connectivity index (χ4v) is 2.37. The van der Waals surface area contributed by atoms with Crippen LogP contribution in [0.15, 0.2) is 0 Å². The molecule has 1 saturated carbocycles. The molecule has 16 heavy (non-hydrogen) atoms.